The Morgan fingerprint density at radius 3 is 2.95 bits per heavy atom. The number of anilines is 1. The Hall–Kier alpha value is -2.07. The molecule has 2 aromatic heterocycles. The molecule has 1 N–H and O–H groups in total. The second-order valence-corrected chi connectivity index (χ2v) is 5.11. The van der Waals surface area contributed by atoms with Gasteiger partial charge in [-0.3, -0.25) is 0 Å². The van der Waals surface area contributed by atoms with E-state index in [1.807, 2.05) is 0 Å². The van der Waals surface area contributed by atoms with Crippen molar-refractivity contribution in [3.8, 4) is 0 Å². The van der Waals surface area contributed by atoms with E-state index < -0.39 is 0 Å². The van der Waals surface area contributed by atoms with E-state index in [-0.39, 0.29) is 0 Å². The number of halogens is 1. The van der Waals surface area contributed by atoms with Crippen LogP contribution in [-0.4, -0.2) is 21.1 Å². The van der Waals surface area contributed by atoms with Gasteiger partial charge in [0.15, 0.2) is 0 Å². The Bertz CT molecular complexity index is 736. The number of nitrogens with one attached hydrogen (secondary N) is 1. The summed E-state index contributed by atoms with van der Waals surface area (Å²) in [5.41, 5.74) is 2.56. The van der Waals surface area contributed by atoms with Gasteiger partial charge in [-0.1, -0.05) is 23.7 Å². The van der Waals surface area contributed by atoms with Crippen LogP contribution >= 0.6 is 11.6 Å². The molecule has 102 valence electrons. The van der Waals surface area contributed by atoms with Crippen molar-refractivity contribution in [1.29, 1.82) is 0 Å². The van der Waals surface area contributed by atoms with Gasteiger partial charge < -0.3 is 9.88 Å². The van der Waals surface area contributed by atoms with Crippen molar-refractivity contribution in [2.75, 3.05) is 11.9 Å². The number of aromatic nitrogens is 3. The summed E-state index contributed by atoms with van der Waals surface area (Å²) in [5.74, 6) is 0.755. The molecule has 0 spiro atoms. The standard InChI is InChI=1S/C15H15ClN4/c1-20-7-5-12-3-2-11(8-13(12)20)4-6-17-15-9-14(16)18-10-19-15/h2-3,5,7-10H,4,6H2,1H3,(H,17,18,19). The summed E-state index contributed by atoms with van der Waals surface area (Å²) >= 11 is 5.82. The minimum absolute atomic E-state index is 0.452. The van der Waals surface area contributed by atoms with Crippen molar-refractivity contribution in [2.45, 2.75) is 6.42 Å². The van der Waals surface area contributed by atoms with E-state index in [2.05, 4.69) is 57.4 Å². The molecule has 0 atom stereocenters. The number of aryl methyl sites for hydroxylation is 1. The van der Waals surface area contributed by atoms with Crippen molar-refractivity contribution >= 4 is 28.3 Å². The molecule has 2 heterocycles. The molecule has 0 unspecified atom stereocenters. The van der Waals surface area contributed by atoms with Crippen LogP contribution in [-0.2, 0) is 13.5 Å². The highest BCUT2D eigenvalue weighted by atomic mass is 35.5. The van der Waals surface area contributed by atoms with Gasteiger partial charge in [-0.2, -0.15) is 0 Å². The molecule has 0 amide bonds. The highest BCUT2D eigenvalue weighted by Crippen LogP contribution is 2.17. The molecule has 0 aliphatic rings. The lowest BCUT2D eigenvalue weighted by molar-refractivity contribution is 0.961. The number of hydrogen-bond donors (Lipinski definition) is 1. The van der Waals surface area contributed by atoms with Crippen LogP contribution in [0.2, 0.25) is 5.15 Å². The van der Waals surface area contributed by atoms with Crippen LogP contribution in [0.5, 0.6) is 0 Å². The van der Waals surface area contributed by atoms with E-state index in [1.165, 1.54) is 22.8 Å². The van der Waals surface area contributed by atoms with Gasteiger partial charge in [0.1, 0.15) is 17.3 Å². The van der Waals surface area contributed by atoms with Crippen LogP contribution in [0.3, 0.4) is 0 Å². The first-order valence-electron chi connectivity index (χ1n) is 6.48. The fraction of sp³-hybridized carbons (Fsp3) is 0.200. The first-order chi connectivity index (χ1) is 9.72. The number of fused-ring (bicyclic) bond motifs is 1. The van der Waals surface area contributed by atoms with Gasteiger partial charge in [0.05, 0.1) is 0 Å². The van der Waals surface area contributed by atoms with Crippen molar-refractivity contribution in [3.63, 3.8) is 0 Å². The molecule has 0 saturated heterocycles. The molecule has 0 bridgehead atoms. The van der Waals surface area contributed by atoms with Crippen LogP contribution in [0.1, 0.15) is 5.56 Å². The normalized spacial score (nSPS) is 10.9. The first-order valence-corrected chi connectivity index (χ1v) is 6.85. The molecule has 0 radical (unpaired) electrons. The quantitative estimate of drug-likeness (QED) is 0.749. The largest absolute Gasteiger partial charge is 0.370 e. The zero-order chi connectivity index (χ0) is 13.9. The smallest absolute Gasteiger partial charge is 0.134 e. The Morgan fingerprint density at radius 1 is 1.20 bits per heavy atom. The van der Waals surface area contributed by atoms with Crippen LogP contribution < -0.4 is 5.32 Å². The summed E-state index contributed by atoms with van der Waals surface area (Å²) in [4.78, 5) is 7.97. The Morgan fingerprint density at radius 2 is 2.10 bits per heavy atom. The molecular weight excluding hydrogens is 272 g/mol. The van der Waals surface area contributed by atoms with Gasteiger partial charge in [0.25, 0.3) is 0 Å². The van der Waals surface area contributed by atoms with Crippen LogP contribution in [0, 0.1) is 0 Å². The van der Waals surface area contributed by atoms with E-state index in [0.29, 0.717) is 5.15 Å². The van der Waals surface area contributed by atoms with Crippen LogP contribution in [0.25, 0.3) is 10.9 Å². The molecule has 0 aliphatic carbocycles. The molecule has 0 saturated carbocycles. The zero-order valence-electron chi connectivity index (χ0n) is 11.2. The second-order valence-electron chi connectivity index (χ2n) is 4.72. The molecule has 0 fully saturated rings. The summed E-state index contributed by atoms with van der Waals surface area (Å²) in [6, 6.07) is 10.4. The summed E-state index contributed by atoms with van der Waals surface area (Å²) in [7, 11) is 2.06. The van der Waals surface area contributed by atoms with E-state index in [1.54, 1.807) is 6.07 Å². The highest BCUT2D eigenvalue weighted by molar-refractivity contribution is 6.29. The maximum atomic E-state index is 5.82. The summed E-state index contributed by atoms with van der Waals surface area (Å²) in [5, 5.41) is 4.97. The molecular formula is C15H15ClN4. The van der Waals surface area contributed by atoms with Gasteiger partial charge in [-0.05, 0) is 29.5 Å². The topological polar surface area (TPSA) is 42.7 Å². The lowest BCUT2D eigenvalue weighted by Crippen LogP contribution is -2.06. The molecule has 20 heavy (non-hydrogen) atoms. The molecule has 1 aromatic carbocycles. The predicted octanol–water partition coefficient (Wildman–Crippen LogP) is 3.28. The third-order valence-corrected chi connectivity index (χ3v) is 3.51. The lowest BCUT2D eigenvalue weighted by Gasteiger charge is -2.06. The molecule has 3 rings (SSSR count). The third kappa shape index (κ3) is 2.75. The first kappa shape index (κ1) is 12.9. The van der Waals surface area contributed by atoms with Gasteiger partial charge in [0, 0.05) is 31.4 Å². The van der Waals surface area contributed by atoms with Gasteiger partial charge >= 0.3 is 0 Å². The maximum absolute atomic E-state index is 5.82. The van der Waals surface area contributed by atoms with E-state index in [9.17, 15) is 0 Å². The van der Waals surface area contributed by atoms with E-state index in [4.69, 9.17) is 11.6 Å². The number of rotatable bonds is 4. The number of nitrogens with zero attached hydrogens (tertiary/aromatic N) is 3. The van der Waals surface area contributed by atoms with Crippen LogP contribution in [0.15, 0.2) is 42.9 Å². The van der Waals surface area contributed by atoms with Gasteiger partial charge in [-0.25, -0.2) is 9.97 Å². The van der Waals surface area contributed by atoms with Gasteiger partial charge in [-0.15, -0.1) is 0 Å². The molecule has 5 heteroatoms. The predicted molar refractivity (Wildman–Crippen MR) is 82.2 cm³/mol. The summed E-state index contributed by atoms with van der Waals surface area (Å²) in [6.07, 6.45) is 4.47. The average Bonchev–Trinajstić information content (AvgIpc) is 2.80. The minimum atomic E-state index is 0.452. The molecule has 0 aliphatic heterocycles. The minimum Gasteiger partial charge on any atom is -0.370 e. The fourth-order valence-electron chi connectivity index (χ4n) is 2.23. The zero-order valence-corrected chi connectivity index (χ0v) is 11.9. The van der Waals surface area contributed by atoms with E-state index in [0.717, 1.165) is 18.8 Å². The third-order valence-electron chi connectivity index (χ3n) is 3.31. The second kappa shape index (κ2) is 5.51. The van der Waals surface area contributed by atoms with Gasteiger partial charge in [0.2, 0.25) is 0 Å². The maximum Gasteiger partial charge on any atom is 0.134 e. The molecule has 4 nitrogen and oxygen atoms in total. The highest BCUT2D eigenvalue weighted by Gasteiger charge is 2.01. The van der Waals surface area contributed by atoms with E-state index >= 15 is 0 Å². The summed E-state index contributed by atoms with van der Waals surface area (Å²) < 4.78 is 2.14. The molecule has 3 aromatic rings. The monoisotopic (exact) mass is 286 g/mol. The Labute approximate surface area is 122 Å². The van der Waals surface area contributed by atoms with Crippen LogP contribution in [0.4, 0.5) is 5.82 Å². The number of hydrogen-bond acceptors (Lipinski definition) is 3. The van der Waals surface area contributed by atoms with Crippen molar-refractivity contribution < 1.29 is 0 Å². The van der Waals surface area contributed by atoms with Crippen molar-refractivity contribution in [2.24, 2.45) is 7.05 Å². The Balaban J connectivity index is 1.66. The summed E-state index contributed by atoms with van der Waals surface area (Å²) in [6.45, 7) is 0.809. The van der Waals surface area contributed by atoms with Crippen molar-refractivity contribution in [3.05, 3.63) is 53.6 Å². The average molecular weight is 287 g/mol. The lowest BCUT2D eigenvalue weighted by atomic mass is 10.1. The van der Waals surface area contributed by atoms with Crippen molar-refractivity contribution in [1.82, 2.24) is 14.5 Å². The SMILES string of the molecule is Cn1ccc2ccc(CCNc3cc(Cl)ncn3)cc21. The fourth-order valence-corrected chi connectivity index (χ4v) is 2.38. The number of benzene rings is 1. The Kier molecular flexibility index (Phi) is 3.56.